The van der Waals surface area contributed by atoms with Gasteiger partial charge in [0.25, 0.3) is 11.8 Å². The molecule has 218 valence electrons. The normalized spacial score (nSPS) is 11.1. The number of nitrogens with one attached hydrogen (secondary N) is 2. The van der Waals surface area contributed by atoms with E-state index >= 15 is 0 Å². The van der Waals surface area contributed by atoms with Crippen LogP contribution >= 0.6 is 0 Å². The number of allylic oxidation sites excluding steroid dienone is 1. The smallest absolute Gasteiger partial charge is 0.272 e. The number of carbonyl (C=O) groups excluding carboxylic acids is 3. The minimum Gasteiger partial charge on any atom is -0.496 e. The summed E-state index contributed by atoms with van der Waals surface area (Å²) in [6, 6.07) is 24.0. The Balaban J connectivity index is 1.59. The minimum atomic E-state index is -0.625. The molecule has 0 aromatic heterocycles. The fourth-order valence-electron chi connectivity index (χ4n) is 4.05. The number of anilines is 1. The largest absolute Gasteiger partial charge is 0.496 e. The van der Waals surface area contributed by atoms with Crippen molar-refractivity contribution in [3.05, 3.63) is 131 Å². The Morgan fingerprint density at radius 2 is 1.33 bits per heavy atom. The molecule has 0 fully saturated rings. The SMILES string of the molecule is COc1cc(OC)c(OC)cc1/C=C(\NC(=O)c1ccccc1)C(=O)Nc1ccc(C(=O)/C=C/c2ccccc2F)cc1. The van der Waals surface area contributed by atoms with Crippen molar-refractivity contribution in [2.45, 2.75) is 0 Å². The van der Waals surface area contributed by atoms with E-state index in [4.69, 9.17) is 14.2 Å². The van der Waals surface area contributed by atoms with Gasteiger partial charge in [-0.15, -0.1) is 0 Å². The lowest BCUT2D eigenvalue weighted by Crippen LogP contribution is -2.30. The molecule has 2 amide bonds. The molecule has 0 unspecified atom stereocenters. The molecular formula is C34H29FN2O6. The minimum absolute atomic E-state index is 0.0765. The lowest BCUT2D eigenvalue weighted by Gasteiger charge is -2.15. The Kier molecular flexibility index (Phi) is 10.0. The monoisotopic (exact) mass is 580 g/mol. The third-order valence-corrected chi connectivity index (χ3v) is 6.31. The number of hydrogen-bond acceptors (Lipinski definition) is 6. The zero-order valence-electron chi connectivity index (χ0n) is 23.7. The van der Waals surface area contributed by atoms with Gasteiger partial charge < -0.3 is 24.8 Å². The molecule has 0 aliphatic rings. The van der Waals surface area contributed by atoms with Crippen molar-refractivity contribution in [3.8, 4) is 17.2 Å². The van der Waals surface area contributed by atoms with Crippen molar-refractivity contribution < 1.29 is 33.0 Å². The molecular weight excluding hydrogens is 551 g/mol. The first kappa shape index (κ1) is 30.3. The summed E-state index contributed by atoms with van der Waals surface area (Å²) in [5, 5.41) is 5.42. The molecule has 0 radical (unpaired) electrons. The lowest BCUT2D eigenvalue weighted by molar-refractivity contribution is -0.113. The molecule has 43 heavy (non-hydrogen) atoms. The van der Waals surface area contributed by atoms with Crippen molar-refractivity contribution in [3.63, 3.8) is 0 Å². The van der Waals surface area contributed by atoms with Crippen LogP contribution in [0.2, 0.25) is 0 Å². The number of carbonyl (C=O) groups is 3. The third-order valence-electron chi connectivity index (χ3n) is 6.31. The molecule has 0 aliphatic heterocycles. The van der Waals surface area contributed by atoms with Crippen LogP contribution in [0, 0.1) is 5.82 Å². The number of amides is 2. The number of hydrogen-bond donors (Lipinski definition) is 2. The summed E-state index contributed by atoms with van der Waals surface area (Å²) in [6.45, 7) is 0. The summed E-state index contributed by atoms with van der Waals surface area (Å²) in [5.41, 5.74) is 1.73. The van der Waals surface area contributed by atoms with E-state index in [1.54, 1.807) is 72.8 Å². The van der Waals surface area contributed by atoms with Crippen molar-refractivity contribution in [1.29, 1.82) is 0 Å². The summed E-state index contributed by atoms with van der Waals surface area (Å²) >= 11 is 0. The Labute approximate surface area is 248 Å². The predicted molar refractivity (Wildman–Crippen MR) is 163 cm³/mol. The van der Waals surface area contributed by atoms with Gasteiger partial charge in [-0.25, -0.2) is 4.39 Å². The number of halogens is 1. The molecule has 2 N–H and O–H groups in total. The highest BCUT2D eigenvalue weighted by atomic mass is 19.1. The van der Waals surface area contributed by atoms with Crippen LogP contribution < -0.4 is 24.8 Å². The van der Waals surface area contributed by atoms with Crippen molar-refractivity contribution >= 4 is 35.4 Å². The van der Waals surface area contributed by atoms with E-state index in [0.717, 1.165) is 0 Å². The van der Waals surface area contributed by atoms with Gasteiger partial charge in [0.2, 0.25) is 0 Å². The Morgan fingerprint density at radius 1 is 0.698 bits per heavy atom. The van der Waals surface area contributed by atoms with Gasteiger partial charge >= 0.3 is 0 Å². The molecule has 4 rings (SSSR count). The van der Waals surface area contributed by atoms with Gasteiger partial charge in [-0.1, -0.05) is 36.4 Å². The van der Waals surface area contributed by atoms with E-state index in [1.807, 2.05) is 0 Å². The molecule has 8 nitrogen and oxygen atoms in total. The summed E-state index contributed by atoms with van der Waals surface area (Å²) < 4.78 is 30.1. The van der Waals surface area contributed by atoms with Crippen LogP contribution in [0.4, 0.5) is 10.1 Å². The predicted octanol–water partition coefficient (Wildman–Crippen LogP) is 6.16. The molecule has 0 spiro atoms. The lowest BCUT2D eigenvalue weighted by atomic mass is 10.1. The fourth-order valence-corrected chi connectivity index (χ4v) is 4.05. The van der Waals surface area contributed by atoms with Crippen LogP contribution in [0.3, 0.4) is 0 Å². The van der Waals surface area contributed by atoms with E-state index in [1.165, 1.54) is 57.8 Å². The average molecular weight is 581 g/mol. The van der Waals surface area contributed by atoms with Gasteiger partial charge in [-0.3, -0.25) is 14.4 Å². The Morgan fingerprint density at radius 3 is 1.98 bits per heavy atom. The number of ether oxygens (including phenoxy) is 3. The molecule has 4 aromatic carbocycles. The molecule has 0 atom stereocenters. The quantitative estimate of drug-likeness (QED) is 0.163. The third kappa shape index (κ3) is 7.74. The van der Waals surface area contributed by atoms with Crippen molar-refractivity contribution in [2.75, 3.05) is 26.6 Å². The standard InChI is InChI=1S/C34H29FN2O6/c1-41-30-21-32(43-3)31(42-2)20-25(30)19-28(37-33(39)24-10-5-4-6-11-24)34(40)36-26-16-13-23(14-17-26)29(38)18-15-22-9-7-8-12-27(22)35/h4-21H,1-3H3,(H,36,40)(H,37,39)/b18-15+,28-19-. The van der Waals surface area contributed by atoms with Gasteiger partial charge in [-0.2, -0.15) is 0 Å². The second kappa shape index (κ2) is 14.3. The Bertz CT molecular complexity index is 1680. The van der Waals surface area contributed by atoms with Crippen LogP contribution in [-0.2, 0) is 4.79 Å². The second-order valence-electron chi connectivity index (χ2n) is 9.08. The molecule has 9 heteroatoms. The van der Waals surface area contributed by atoms with Crippen LogP contribution in [0.1, 0.15) is 31.8 Å². The van der Waals surface area contributed by atoms with Crippen LogP contribution in [0.15, 0.2) is 103 Å². The fraction of sp³-hybridized carbons (Fsp3) is 0.0882. The number of ketones is 1. The van der Waals surface area contributed by atoms with E-state index in [-0.39, 0.29) is 11.5 Å². The van der Waals surface area contributed by atoms with Crippen molar-refractivity contribution in [2.24, 2.45) is 0 Å². The zero-order valence-corrected chi connectivity index (χ0v) is 23.7. The molecule has 0 saturated heterocycles. The molecule has 0 aliphatic carbocycles. The van der Waals surface area contributed by atoms with E-state index in [9.17, 15) is 18.8 Å². The van der Waals surface area contributed by atoms with Gasteiger partial charge in [0.15, 0.2) is 17.3 Å². The molecule has 4 aromatic rings. The first-order chi connectivity index (χ1) is 20.8. The first-order valence-electron chi connectivity index (χ1n) is 13.1. The van der Waals surface area contributed by atoms with Gasteiger partial charge in [0.1, 0.15) is 17.3 Å². The molecule has 0 bridgehead atoms. The summed E-state index contributed by atoms with van der Waals surface area (Å²) in [7, 11) is 4.44. The highest BCUT2D eigenvalue weighted by molar-refractivity contribution is 6.11. The van der Waals surface area contributed by atoms with E-state index in [2.05, 4.69) is 10.6 Å². The van der Waals surface area contributed by atoms with E-state index in [0.29, 0.717) is 45.2 Å². The topological polar surface area (TPSA) is 103 Å². The summed E-state index contributed by atoms with van der Waals surface area (Å²) in [4.78, 5) is 39.1. The molecule has 0 saturated carbocycles. The van der Waals surface area contributed by atoms with Crippen LogP contribution in [0.25, 0.3) is 12.2 Å². The van der Waals surface area contributed by atoms with Gasteiger partial charge in [0.05, 0.1) is 21.3 Å². The number of benzene rings is 4. The highest BCUT2D eigenvalue weighted by Gasteiger charge is 2.18. The first-order valence-corrected chi connectivity index (χ1v) is 13.1. The second-order valence-corrected chi connectivity index (χ2v) is 9.08. The average Bonchev–Trinajstić information content (AvgIpc) is 3.04. The summed E-state index contributed by atoms with van der Waals surface area (Å²) in [5.74, 6) is -0.690. The van der Waals surface area contributed by atoms with Crippen molar-refractivity contribution in [1.82, 2.24) is 5.32 Å². The maximum Gasteiger partial charge on any atom is 0.272 e. The van der Waals surface area contributed by atoms with Gasteiger partial charge in [0, 0.05) is 34.0 Å². The molecule has 0 heterocycles. The summed E-state index contributed by atoms with van der Waals surface area (Å²) in [6.07, 6.45) is 4.15. The maximum atomic E-state index is 13.9. The maximum absolute atomic E-state index is 13.9. The van der Waals surface area contributed by atoms with E-state index < -0.39 is 17.6 Å². The van der Waals surface area contributed by atoms with Crippen LogP contribution in [0.5, 0.6) is 17.2 Å². The van der Waals surface area contributed by atoms with Crippen LogP contribution in [-0.4, -0.2) is 38.9 Å². The Hall–Kier alpha value is -5.70. The van der Waals surface area contributed by atoms with Gasteiger partial charge in [-0.05, 0) is 66.8 Å². The zero-order chi connectivity index (χ0) is 30.8. The number of methoxy groups -OCH3 is 3. The highest BCUT2D eigenvalue weighted by Crippen LogP contribution is 2.35. The number of rotatable bonds is 11.